The number of ether oxygens (including phenoxy) is 1. The van der Waals surface area contributed by atoms with E-state index in [1.807, 2.05) is 28.4 Å². The average molecular weight is 463 g/mol. The molecule has 8 heteroatoms. The zero-order valence-corrected chi connectivity index (χ0v) is 19.6. The lowest BCUT2D eigenvalue weighted by Gasteiger charge is -2.34. The Morgan fingerprint density at radius 3 is 2.88 bits per heavy atom. The molecule has 0 bridgehead atoms. The topological polar surface area (TPSA) is 79.7 Å². The Balaban J connectivity index is 1.46. The second kappa shape index (κ2) is 7.81. The minimum absolute atomic E-state index is 0.00924. The standard InChI is InChI=1S/C25H26N4O3S/c1-14-11-20-19(12-18(14)25(31)28-7-3-22-17(15(28)2)6-10-33-22)27-24(30)21-13-26-23(29(20)21)16-4-8-32-9-5-16/h6,10-13,15-16H,3-5,7-9H2,1-2H3,(H,27,30). The number of nitrogens with zero attached hydrogens (tertiary/aromatic N) is 3. The minimum atomic E-state index is -0.190. The highest BCUT2D eigenvalue weighted by Gasteiger charge is 2.30. The average Bonchev–Trinajstić information content (AvgIpc) is 3.48. The fourth-order valence-corrected chi connectivity index (χ4v) is 6.32. The smallest absolute Gasteiger partial charge is 0.274 e. The molecule has 0 saturated carbocycles. The molecule has 3 aromatic heterocycles. The number of thiophene rings is 1. The molecule has 0 radical (unpaired) electrons. The van der Waals surface area contributed by atoms with Gasteiger partial charge in [-0.05, 0) is 67.8 Å². The number of H-pyrrole nitrogens is 1. The third kappa shape index (κ3) is 3.23. The number of fused-ring (bicyclic) bond motifs is 4. The van der Waals surface area contributed by atoms with Gasteiger partial charge in [0.05, 0.1) is 23.3 Å². The Morgan fingerprint density at radius 2 is 2.06 bits per heavy atom. The van der Waals surface area contributed by atoms with E-state index < -0.39 is 0 Å². The summed E-state index contributed by atoms with van der Waals surface area (Å²) >= 11 is 1.77. The summed E-state index contributed by atoms with van der Waals surface area (Å²) < 4.78 is 7.50. The lowest BCUT2D eigenvalue weighted by molar-refractivity contribution is 0.0678. The SMILES string of the molecule is Cc1cc2c(cc1C(=O)N1CCc3sccc3C1C)[nH]c(=O)c1cnc(C3CCOCC3)n12. The fourth-order valence-electron chi connectivity index (χ4n) is 5.36. The number of nitrogens with one attached hydrogen (secondary N) is 1. The monoisotopic (exact) mass is 462 g/mol. The summed E-state index contributed by atoms with van der Waals surface area (Å²) in [5.74, 6) is 1.16. The van der Waals surface area contributed by atoms with E-state index >= 15 is 0 Å². The van der Waals surface area contributed by atoms with Crippen molar-refractivity contribution >= 4 is 33.8 Å². The lowest BCUT2D eigenvalue weighted by atomic mass is 9.98. The van der Waals surface area contributed by atoms with Crippen molar-refractivity contribution in [3.8, 4) is 0 Å². The van der Waals surface area contributed by atoms with Gasteiger partial charge in [0.15, 0.2) is 0 Å². The molecule has 1 unspecified atom stereocenters. The van der Waals surface area contributed by atoms with Gasteiger partial charge in [-0.1, -0.05) is 0 Å². The van der Waals surface area contributed by atoms with E-state index in [0.29, 0.717) is 36.4 Å². The van der Waals surface area contributed by atoms with E-state index in [0.717, 1.165) is 36.2 Å². The van der Waals surface area contributed by atoms with Crippen LogP contribution < -0.4 is 5.56 Å². The Labute approximate surface area is 195 Å². The molecule has 1 saturated heterocycles. The first kappa shape index (κ1) is 20.6. The third-order valence-corrected chi connectivity index (χ3v) is 8.21. The van der Waals surface area contributed by atoms with Gasteiger partial charge < -0.3 is 14.6 Å². The predicted octanol–water partition coefficient (Wildman–Crippen LogP) is 4.20. The molecule has 1 atom stereocenters. The predicted molar refractivity (Wildman–Crippen MR) is 128 cm³/mol. The molecule has 0 aliphatic carbocycles. The number of rotatable bonds is 2. The van der Waals surface area contributed by atoms with Crippen LogP contribution >= 0.6 is 11.3 Å². The van der Waals surface area contributed by atoms with Gasteiger partial charge >= 0.3 is 0 Å². The number of benzene rings is 1. The molecule has 33 heavy (non-hydrogen) atoms. The Morgan fingerprint density at radius 1 is 1.24 bits per heavy atom. The van der Waals surface area contributed by atoms with Crippen LogP contribution in [0.2, 0.25) is 0 Å². The second-order valence-corrected chi connectivity index (χ2v) is 10.1. The maximum absolute atomic E-state index is 13.6. The van der Waals surface area contributed by atoms with E-state index in [9.17, 15) is 9.59 Å². The summed E-state index contributed by atoms with van der Waals surface area (Å²) in [4.78, 5) is 37.4. The van der Waals surface area contributed by atoms with Crippen LogP contribution in [0.15, 0.2) is 34.6 Å². The third-order valence-electron chi connectivity index (χ3n) is 7.21. The molecule has 1 aromatic carbocycles. The Bertz CT molecular complexity index is 1440. The van der Waals surface area contributed by atoms with Crippen molar-refractivity contribution in [1.29, 1.82) is 0 Å². The summed E-state index contributed by atoms with van der Waals surface area (Å²) in [6.45, 7) is 6.18. The van der Waals surface area contributed by atoms with E-state index in [1.54, 1.807) is 17.5 Å². The van der Waals surface area contributed by atoms with Gasteiger partial charge in [-0.25, -0.2) is 4.98 Å². The molecule has 2 aliphatic heterocycles. The molecule has 2 aliphatic rings. The Hall–Kier alpha value is -2.97. The largest absolute Gasteiger partial charge is 0.381 e. The summed E-state index contributed by atoms with van der Waals surface area (Å²) in [7, 11) is 0. The number of carbonyl (C=O) groups excluding carboxylic acids is 1. The maximum Gasteiger partial charge on any atom is 0.274 e. The van der Waals surface area contributed by atoms with Crippen LogP contribution in [0.5, 0.6) is 0 Å². The zero-order chi connectivity index (χ0) is 22.7. The molecule has 6 rings (SSSR count). The molecule has 1 N–H and O–H groups in total. The number of carbonyl (C=O) groups is 1. The summed E-state index contributed by atoms with van der Waals surface area (Å²) in [6, 6.07) is 6.03. The van der Waals surface area contributed by atoms with Gasteiger partial charge in [0.25, 0.3) is 11.5 Å². The molecular formula is C25H26N4O3S. The van der Waals surface area contributed by atoms with Gasteiger partial charge in [-0.2, -0.15) is 0 Å². The van der Waals surface area contributed by atoms with Gasteiger partial charge in [0, 0.05) is 36.1 Å². The highest BCUT2D eigenvalue weighted by molar-refractivity contribution is 7.10. The summed E-state index contributed by atoms with van der Waals surface area (Å²) in [6.07, 6.45) is 4.32. The number of aromatic nitrogens is 3. The van der Waals surface area contributed by atoms with Crippen molar-refractivity contribution in [2.45, 2.75) is 45.1 Å². The second-order valence-electron chi connectivity index (χ2n) is 9.09. The van der Waals surface area contributed by atoms with E-state index in [2.05, 4.69) is 28.3 Å². The molecule has 0 spiro atoms. The van der Waals surface area contributed by atoms with Gasteiger partial charge in [-0.3, -0.25) is 14.0 Å². The normalized spacial score (nSPS) is 19.3. The lowest BCUT2D eigenvalue weighted by Crippen LogP contribution is -2.38. The number of aryl methyl sites for hydroxylation is 1. The molecule has 5 heterocycles. The van der Waals surface area contributed by atoms with Gasteiger partial charge in [0.1, 0.15) is 11.3 Å². The van der Waals surface area contributed by atoms with Crippen LogP contribution in [0, 0.1) is 6.92 Å². The van der Waals surface area contributed by atoms with Crippen LogP contribution in [0.3, 0.4) is 0 Å². The summed E-state index contributed by atoms with van der Waals surface area (Å²) in [5, 5.41) is 2.10. The summed E-state index contributed by atoms with van der Waals surface area (Å²) in [5.41, 5.74) is 4.67. The maximum atomic E-state index is 13.6. The Kier molecular flexibility index (Phi) is 4.88. The highest BCUT2D eigenvalue weighted by Crippen LogP contribution is 2.35. The first-order chi connectivity index (χ1) is 16.0. The highest BCUT2D eigenvalue weighted by atomic mass is 32.1. The van der Waals surface area contributed by atoms with Gasteiger partial charge in [0.2, 0.25) is 0 Å². The molecular weight excluding hydrogens is 436 g/mol. The van der Waals surface area contributed by atoms with Crippen molar-refractivity contribution in [3.05, 3.63) is 67.5 Å². The van der Waals surface area contributed by atoms with Crippen LogP contribution in [0.25, 0.3) is 16.6 Å². The zero-order valence-electron chi connectivity index (χ0n) is 18.8. The van der Waals surface area contributed by atoms with Crippen LogP contribution in [0.1, 0.15) is 63.9 Å². The quantitative estimate of drug-likeness (QED) is 0.484. The number of amides is 1. The molecule has 170 valence electrons. The van der Waals surface area contributed by atoms with Crippen molar-refractivity contribution in [3.63, 3.8) is 0 Å². The molecule has 7 nitrogen and oxygen atoms in total. The van der Waals surface area contributed by atoms with E-state index in [4.69, 9.17) is 4.74 Å². The number of hydrogen-bond donors (Lipinski definition) is 1. The van der Waals surface area contributed by atoms with Crippen molar-refractivity contribution in [1.82, 2.24) is 19.3 Å². The van der Waals surface area contributed by atoms with Crippen molar-refractivity contribution < 1.29 is 9.53 Å². The van der Waals surface area contributed by atoms with Crippen LogP contribution in [-0.4, -0.2) is 44.9 Å². The van der Waals surface area contributed by atoms with E-state index in [1.165, 1.54) is 10.4 Å². The fraction of sp³-hybridized carbons (Fsp3) is 0.400. The minimum Gasteiger partial charge on any atom is -0.381 e. The first-order valence-electron chi connectivity index (χ1n) is 11.5. The molecule has 4 aromatic rings. The molecule has 1 amide bonds. The van der Waals surface area contributed by atoms with Crippen LogP contribution in [-0.2, 0) is 11.2 Å². The first-order valence-corrected chi connectivity index (χ1v) is 12.4. The number of imidazole rings is 1. The van der Waals surface area contributed by atoms with Crippen molar-refractivity contribution in [2.24, 2.45) is 0 Å². The van der Waals surface area contributed by atoms with Gasteiger partial charge in [-0.15, -0.1) is 11.3 Å². The molecule has 1 fully saturated rings. The number of hydrogen-bond acceptors (Lipinski definition) is 5. The number of aromatic amines is 1. The van der Waals surface area contributed by atoms with E-state index in [-0.39, 0.29) is 23.4 Å². The van der Waals surface area contributed by atoms with Crippen molar-refractivity contribution in [2.75, 3.05) is 19.8 Å². The van der Waals surface area contributed by atoms with Crippen LogP contribution in [0.4, 0.5) is 0 Å².